The first kappa shape index (κ1) is 10.2. The fourth-order valence-corrected chi connectivity index (χ4v) is 1.66. The number of carbonyl (C=O) groups is 2. The number of quaternary nitrogens is 1. The number of nitrogens with zero attached hydrogens (tertiary/aromatic N) is 1. The summed E-state index contributed by atoms with van der Waals surface area (Å²) in [4.78, 5) is 22.3. The number of piperidine rings is 1. The predicted octanol–water partition coefficient (Wildman–Crippen LogP) is 1.30. The van der Waals surface area contributed by atoms with Crippen molar-refractivity contribution >= 4 is 12.5 Å². The van der Waals surface area contributed by atoms with Crippen LogP contribution in [0, 0.1) is 0 Å². The number of ether oxygens (including phenoxy) is 1. The van der Waals surface area contributed by atoms with E-state index in [2.05, 4.69) is 0 Å². The van der Waals surface area contributed by atoms with Crippen LogP contribution in [-0.2, 0) is 9.53 Å². The molecule has 0 aliphatic carbocycles. The van der Waals surface area contributed by atoms with E-state index < -0.39 is 6.09 Å². The van der Waals surface area contributed by atoms with Crippen LogP contribution in [0.3, 0.4) is 0 Å². The SMILES string of the molecule is CCOC(=O)[N+]1(C=O)CCCCC1. The van der Waals surface area contributed by atoms with Crippen LogP contribution in [0.4, 0.5) is 4.79 Å². The van der Waals surface area contributed by atoms with Gasteiger partial charge in [-0.25, -0.2) is 4.79 Å². The quantitative estimate of drug-likeness (QED) is 0.482. The number of hydrogen-bond acceptors (Lipinski definition) is 3. The Hall–Kier alpha value is -0.900. The van der Waals surface area contributed by atoms with Gasteiger partial charge in [0.15, 0.2) is 0 Å². The highest BCUT2D eigenvalue weighted by atomic mass is 16.6. The van der Waals surface area contributed by atoms with E-state index in [9.17, 15) is 9.59 Å². The third kappa shape index (κ3) is 2.06. The molecule has 1 aliphatic rings. The van der Waals surface area contributed by atoms with Gasteiger partial charge in [-0.1, -0.05) is 0 Å². The number of rotatable bonds is 2. The van der Waals surface area contributed by atoms with Crippen LogP contribution in [0.25, 0.3) is 0 Å². The van der Waals surface area contributed by atoms with Gasteiger partial charge in [-0.05, 0) is 26.2 Å². The van der Waals surface area contributed by atoms with E-state index in [-0.39, 0.29) is 4.48 Å². The molecule has 0 spiro atoms. The molecule has 0 bridgehead atoms. The van der Waals surface area contributed by atoms with E-state index in [1.807, 2.05) is 0 Å². The lowest BCUT2D eigenvalue weighted by molar-refractivity contribution is -0.778. The van der Waals surface area contributed by atoms with Crippen molar-refractivity contribution in [1.29, 1.82) is 0 Å². The lowest BCUT2D eigenvalue weighted by Crippen LogP contribution is -2.54. The van der Waals surface area contributed by atoms with Crippen molar-refractivity contribution in [2.45, 2.75) is 26.2 Å². The molecular formula is C9H16NO3+. The smallest absolute Gasteiger partial charge is 0.420 e. The Bertz CT molecular complexity index is 197. The van der Waals surface area contributed by atoms with Crippen LogP contribution >= 0.6 is 0 Å². The molecule has 2 amide bonds. The molecule has 1 heterocycles. The molecule has 0 aromatic heterocycles. The summed E-state index contributed by atoms with van der Waals surface area (Å²) in [5.41, 5.74) is 0. The van der Waals surface area contributed by atoms with Crippen molar-refractivity contribution in [3.63, 3.8) is 0 Å². The molecular weight excluding hydrogens is 170 g/mol. The minimum Gasteiger partial charge on any atom is -0.420 e. The molecule has 0 saturated carbocycles. The maximum Gasteiger partial charge on any atom is 0.523 e. The average Bonchev–Trinajstić information content (AvgIpc) is 2.19. The fourth-order valence-electron chi connectivity index (χ4n) is 1.66. The summed E-state index contributed by atoms with van der Waals surface area (Å²) >= 11 is 0. The van der Waals surface area contributed by atoms with Gasteiger partial charge >= 0.3 is 12.5 Å². The Morgan fingerprint density at radius 2 is 2.00 bits per heavy atom. The summed E-state index contributed by atoms with van der Waals surface area (Å²) in [7, 11) is 0. The maximum absolute atomic E-state index is 11.5. The van der Waals surface area contributed by atoms with Gasteiger partial charge < -0.3 is 4.74 Å². The van der Waals surface area contributed by atoms with Gasteiger partial charge in [-0.2, -0.15) is 9.28 Å². The summed E-state index contributed by atoms with van der Waals surface area (Å²) in [5.74, 6) is 0. The molecule has 74 valence electrons. The van der Waals surface area contributed by atoms with Crippen LogP contribution in [-0.4, -0.2) is 36.7 Å². The molecule has 1 saturated heterocycles. The van der Waals surface area contributed by atoms with E-state index in [0.29, 0.717) is 19.7 Å². The molecule has 1 aliphatic heterocycles. The average molecular weight is 186 g/mol. The summed E-state index contributed by atoms with van der Waals surface area (Å²) in [6, 6.07) is 0. The topological polar surface area (TPSA) is 43.4 Å². The first-order chi connectivity index (χ1) is 6.25. The minimum absolute atomic E-state index is 0.131. The summed E-state index contributed by atoms with van der Waals surface area (Å²) in [6.45, 7) is 3.29. The Morgan fingerprint density at radius 1 is 1.38 bits per heavy atom. The Labute approximate surface area is 78.1 Å². The monoisotopic (exact) mass is 186 g/mol. The van der Waals surface area contributed by atoms with E-state index >= 15 is 0 Å². The standard InChI is InChI=1S/C9H16NO3/c1-2-13-9(12)10(8-11)6-4-3-5-7-10/h8H,2-7H2,1H3/q+1. The van der Waals surface area contributed by atoms with Crippen molar-refractivity contribution < 1.29 is 18.8 Å². The van der Waals surface area contributed by atoms with Gasteiger partial charge in [0, 0.05) is 0 Å². The van der Waals surface area contributed by atoms with Gasteiger partial charge in [-0.3, -0.25) is 0 Å². The normalized spacial score (nSPS) is 20.7. The van der Waals surface area contributed by atoms with Crippen molar-refractivity contribution in [1.82, 2.24) is 0 Å². The Morgan fingerprint density at radius 3 is 2.46 bits per heavy atom. The Balaban J connectivity index is 2.66. The van der Waals surface area contributed by atoms with Gasteiger partial charge in [0.2, 0.25) is 0 Å². The summed E-state index contributed by atoms with van der Waals surface area (Å²) in [6.07, 6.45) is 3.29. The third-order valence-corrected chi connectivity index (χ3v) is 2.45. The van der Waals surface area contributed by atoms with Crippen molar-refractivity contribution in [2.24, 2.45) is 0 Å². The molecule has 0 aromatic carbocycles. The first-order valence-electron chi connectivity index (χ1n) is 4.75. The first-order valence-corrected chi connectivity index (χ1v) is 4.75. The summed E-state index contributed by atoms with van der Waals surface area (Å²) in [5, 5.41) is 0. The molecule has 1 fully saturated rings. The van der Waals surface area contributed by atoms with Crippen LogP contribution in [0.15, 0.2) is 0 Å². The van der Waals surface area contributed by atoms with Crippen LogP contribution in [0.1, 0.15) is 26.2 Å². The molecule has 0 atom stereocenters. The molecule has 0 radical (unpaired) electrons. The number of likely N-dealkylation sites (tertiary alicyclic amines) is 1. The van der Waals surface area contributed by atoms with Gasteiger partial charge in [0.05, 0.1) is 19.7 Å². The molecule has 0 unspecified atom stereocenters. The lowest BCUT2D eigenvalue weighted by atomic mass is 10.1. The van der Waals surface area contributed by atoms with Crippen molar-refractivity contribution in [3.8, 4) is 0 Å². The second kappa shape index (κ2) is 4.37. The number of imide groups is 1. The van der Waals surface area contributed by atoms with Crippen molar-refractivity contribution in [3.05, 3.63) is 0 Å². The summed E-state index contributed by atoms with van der Waals surface area (Å²) < 4.78 is 4.75. The zero-order valence-corrected chi connectivity index (χ0v) is 7.99. The second-order valence-electron chi connectivity index (χ2n) is 3.35. The van der Waals surface area contributed by atoms with Crippen LogP contribution in [0.5, 0.6) is 0 Å². The third-order valence-electron chi connectivity index (χ3n) is 2.45. The highest BCUT2D eigenvalue weighted by molar-refractivity contribution is 5.68. The lowest BCUT2D eigenvalue weighted by Gasteiger charge is -2.30. The molecule has 1 rings (SSSR count). The van der Waals surface area contributed by atoms with Crippen LogP contribution < -0.4 is 0 Å². The molecule has 4 nitrogen and oxygen atoms in total. The van der Waals surface area contributed by atoms with Gasteiger partial charge in [-0.15, -0.1) is 0 Å². The predicted molar refractivity (Wildman–Crippen MR) is 46.9 cm³/mol. The van der Waals surface area contributed by atoms with Gasteiger partial charge in [0.25, 0.3) is 0 Å². The zero-order valence-electron chi connectivity index (χ0n) is 7.99. The number of hydrogen-bond donors (Lipinski definition) is 0. The number of amides is 2. The zero-order chi connectivity index (χ0) is 9.73. The van der Waals surface area contributed by atoms with E-state index in [4.69, 9.17) is 4.74 Å². The second-order valence-corrected chi connectivity index (χ2v) is 3.35. The van der Waals surface area contributed by atoms with E-state index in [0.717, 1.165) is 25.7 Å². The highest BCUT2D eigenvalue weighted by Gasteiger charge is 2.39. The molecule has 0 N–H and O–H groups in total. The maximum atomic E-state index is 11.5. The van der Waals surface area contributed by atoms with Crippen LogP contribution in [0.2, 0.25) is 0 Å². The number of carbonyl (C=O) groups excluding carboxylic acids is 2. The molecule has 4 heteroatoms. The minimum atomic E-state index is -0.391. The van der Waals surface area contributed by atoms with E-state index in [1.165, 1.54) is 0 Å². The largest absolute Gasteiger partial charge is 0.523 e. The Kier molecular flexibility index (Phi) is 3.42. The van der Waals surface area contributed by atoms with Gasteiger partial charge in [0.1, 0.15) is 0 Å². The molecule has 0 aromatic rings. The van der Waals surface area contributed by atoms with Crippen molar-refractivity contribution in [2.75, 3.05) is 19.7 Å². The van der Waals surface area contributed by atoms with E-state index in [1.54, 1.807) is 6.92 Å². The highest BCUT2D eigenvalue weighted by Crippen LogP contribution is 2.18. The molecule has 13 heavy (non-hydrogen) atoms. The fraction of sp³-hybridized carbons (Fsp3) is 0.778.